The summed E-state index contributed by atoms with van der Waals surface area (Å²) in [4.78, 5) is 0. The predicted octanol–water partition coefficient (Wildman–Crippen LogP) is 2.23. The second kappa shape index (κ2) is 6.64. The Labute approximate surface area is 108 Å². The first kappa shape index (κ1) is 14.0. The second-order valence-corrected chi connectivity index (χ2v) is 4.69. The van der Waals surface area contributed by atoms with Crippen molar-refractivity contribution in [3.05, 3.63) is 29.8 Å². The van der Waals surface area contributed by atoms with Gasteiger partial charge in [-0.25, -0.2) is 0 Å². The minimum Gasteiger partial charge on any atom is -0.479 e. The standard InChI is InChI=1S/C14H17N3O/c1-14(2,10-16)11-17-9-12-4-3-5-13(8-12)18-7-6-15/h3-5,8,17H,7,9,11H2,1-2H3. The predicted molar refractivity (Wildman–Crippen MR) is 68.7 cm³/mol. The van der Waals surface area contributed by atoms with E-state index in [1.54, 1.807) is 0 Å². The summed E-state index contributed by atoms with van der Waals surface area (Å²) in [5.41, 5.74) is 0.703. The Morgan fingerprint density at radius 1 is 1.33 bits per heavy atom. The van der Waals surface area contributed by atoms with E-state index in [-0.39, 0.29) is 12.0 Å². The molecule has 1 aromatic rings. The summed E-state index contributed by atoms with van der Waals surface area (Å²) < 4.78 is 5.22. The zero-order valence-corrected chi connectivity index (χ0v) is 10.7. The fraction of sp³-hybridized carbons (Fsp3) is 0.429. The van der Waals surface area contributed by atoms with Gasteiger partial charge in [-0.05, 0) is 31.5 Å². The van der Waals surface area contributed by atoms with Gasteiger partial charge in [0.1, 0.15) is 11.8 Å². The summed E-state index contributed by atoms with van der Waals surface area (Å²) in [5, 5.41) is 20.6. The lowest BCUT2D eigenvalue weighted by Crippen LogP contribution is -2.27. The van der Waals surface area contributed by atoms with Crippen molar-refractivity contribution in [3.63, 3.8) is 0 Å². The molecule has 0 aliphatic heterocycles. The first-order chi connectivity index (χ1) is 8.57. The highest BCUT2D eigenvalue weighted by atomic mass is 16.5. The van der Waals surface area contributed by atoms with Crippen molar-refractivity contribution in [2.75, 3.05) is 13.2 Å². The number of benzene rings is 1. The Morgan fingerprint density at radius 2 is 2.11 bits per heavy atom. The number of nitrogens with zero attached hydrogens (tertiary/aromatic N) is 2. The maximum absolute atomic E-state index is 8.89. The number of ether oxygens (including phenoxy) is 1. The monoisotopic (exact) mass is 243 g/mol. The molecular weight excluding hydrogens is 226 g/mol. The Bertz CT molecular complexity index is 469. The molecule has 4 nitrogen and oxygen atoms in total. The minimum absolute atomic E-state index is 0.0539. The van der Waals surface area contributed by atoms with E-state index in [1.807, 2.05) is 44.2 Å². The number of hydrogen-bond acceptors (Lipinski definition) is 4. The van der Waals surface area contributed by atoms with Gasteiger partial charge in [0.15, 0.2) is 6.61 Å². The summed E-state index contributed by atoms with van der Waals surface area (Å²) in [7, 11) is 0. The summed E-state index contributed by atoms with van der Waals surface area (Å²) in [5.74, 6) is 0.690. The highest BCUT2D eigenvalue weighted by molar-refractivity contribution is 5.28. The minimum atomic E-state index is -0.366. The van der Waals surface area contributed by atoms with Gasteiger partial charge in [-0.2, -0.15) is 10.5 Å². The molecule has 94 valence electrons. The molecule has 0 aliphatic carbocycles. The molecule has 0 radical (unpaired) electrons. The van der Waals surface area contributed by atoms with E-state index in [0.717, 1.165) is 5.56 Å². The topological polar surface area (TPSA) is 68.8 Å². The van der Waals surface area contributed by atoms with Crippen LogP contribution < -0.4 is 10.1 Å². The number of nitriles is 2. The van der Waals surface area contributed by atoms with Crippen molar-refractivity contribution in [2.24, 2.45) is 5.41 Å². The third kappa shape index (κ3) is 4.86. The smallest absolute Gasteiger partial charge is 0.174 e. The maximum atomic E-state index is 8.89. The molecule has 0 bridgehead atoms. The van der Waals surface area contributed by atoms with Gasteiger partial charge >= 0.3 is 0 Å². The Hall–Kier alpha value is -2.04. The molecule has 0 spiro atoms. The zero-order chi connectivity index (χ0) is 13.4. The SMILES string of the molecule is CC(C)(C#N)CNCc1cccc(OCC#N)c1. The van der Waals surface area contributed by atoms with E-state index in [1.165, 1.54) is 0 Å². The van der Waals surface area contributed by atoms with Crippen molar-refractivity contribution in [1.29, 1.82) is 10.5 Å². The van der Waals surface area contributed by atoms with Crippen LogP contribution in [0.5, 0.6) is 5.75 Å². The fourth-order valence-electron chi connectivity index (χ4n) is 1.42. The van der Waals surface area contributed by atoms with Crippen LogP contribution in [0.3, 0.4) is 0 Å². The molecule has 0 fully saturated rings. The van der Waals surface area contributed by atoms with E-state index >= 15 is 0 Å². The third-order valence-electron chi connectivity index (χ3n) is 2.40. The van der Waals surface area contributed by atoms with Crippen molar-refractivity contribution < 1.29 is 4.74 Å². The Kier molecular flexibility index (Phi) is 5.17. The van der Waals surface area contributed by atoms with Crippen molar-refractivity contribution in [1.82, 2.24) is 5.32 Å². The Morgan fingerprint density at radius 3 is 2.78 bits per heavy atom. The van der Waals surface area contributed by atoms with Crippen LogP contribution in [-0.2, 0) is 6.54 Å². The van der Waals surface area contributed by atoms with E-state index in [4.69, 9.17) is 15.3 Å². The van der Waals surface area contributed by atoms with E-state index in [2.05, 4.69) is 11.4 Å². The Balaban J connectivity index is 2.48. The van der Waals surface area contributed by atoms with Gasteiger partial charge in [-0.15, -0.1) is 0 Å². The van der Waals surface area contributed by atoms with Crippen LogP contribution in [0.25, 0.3) is 0 Å². The summed E-state index contributed by atoms with van der Waals surface area (Å²) >= 11 is 0. The molecule has 0 saturated heterocycles. The normalized spacial score (nSPS) is 10.4. The maximum Gasteiger partial charge on any atom is 0.174 e. The van der Waals surface area contributed by atoms with Gasteiger partial charge in [0, 0.05) is 13.1 Å². The molecule has 1 aromatic carbocycles. The lowest BCUT2D eigenvalue weighted by molar-refractivity contribution is 0.367. The molecule has 1 rings (SSSR count). The van der Waals surface area contributed by atoms with Gasteiger partial charge in [0.25, 0.3) is 0 Å². The lowest BCUT2D eigenvalue weighted by atomic mass is 9.96. The van der Waals surface area contributed by atoms with Crippen molar-refractivity contribution >= 4 is 0 Å². The van der Waals surface area contributed by atoms with Crippen molar-refractivity contribution in [2.45, 2.75) is 20.4 Å². The van der Waals surface area contributed by atoms with Gasteiger partial charge in [0.2, 0.25) is 0 Å². The quantitative estimate of drug-likeness (QED) is 0.831. The highest BCUT2D eigenvalue weighted by Gasteiger charge is 2.15. The van der Waals surface area contributed by atoms with Crippen LogP contribution in [0.15, 0.2) is 24.3 Å². The zero-order valence-electron chi connectivity index (χ0n) is 10.7. The second-order valence-electron chi connectivity index (χ2n) is 4.69. The summed E-state index contributed by atoms with van der Waals surface area (Å²) in [6, 6.07) is 11.8. The van der Waals surface area contributed by atoms with E-state index in [0.29, 0.717) is 18.8 Å². The number of rotatable bonds is 6. The molecule has 4 heteroatoms. The number of nitrogens with one attached hydrogen (secondary N) is 1. The largest absolute Gasteiger partial charge is 0.479 e. The molecule has 0 aromatic heterocycles. The highest BCUT2D eigenvalue weighted by Crippen LogP contribution is 2.14. The summed E-state index contributed by atoms with van der Waals surface area (Å²) in [6.07, 6.45) is 0. The van der Waals surface area contributed by atoms with Crippen LogP contribution in [0, 0.1) is 28.1 Å². The first-order valence-electron chi connectivity index (χ1n) is 5.78. The molecule has 18 heavy (non-hydrogen) atoms. The van der Waals surface area contributed by atoms with Crippen LogP contribution >= 0.6 is 0 Å². The van der Waals surface area contributed by atoms with Crippen LogP contribution in [0.4, 0.5) is 0 Å². The molecule has 0 saturated carbocycles. The van der Waals surface area contributed by atoms with Crippen LogP contribution in [0.1, 0.15) is 19.4 Å². The van der Waals surface area contributed by atoms with E-state index in [9.17, 15) is 0 Å². The summed E-state index contributed by atoms with van der Waals surface area (Å²) in [6.45, 7) is 5.15. The average molecular weight is 243 g/mol. The molecule has 1 N–H and O–H groups in total. The van der Waals surface area contributed by atoms with Gasteiger partial charge in [-0.3, -0.25) is 0 Å². The third-order valence-corrected chi connectivity index (χ3v) is 2.40. The fourth-order valence-corrected chi connectivity index (χ4v) is 1.42. The van der Waals surface area contributed by atoms with Crippen LogP contribution in [-0.4, -0.2) is 13.2 Å². The first-order valence-corrected chi connectivity index (χ1v) is 5.78. The molecule has 0 unspecified atom stereocenters. The van der Waals surface area contributed by atoms with E-state index < -0.39 is 0 Å². The molecular formula is C14H17N3O. The molecule has 0 amide bonds. The van der Waals surface area contributed by atoms with Gasteiger partial charge in [-0.1, -0.05) is 12.1 Å². The molecule has 0 atom stereocenters. The van der Waals surface area contributed by atoms with Gasteiger partial charge < -0.3 is 10.1 Å². The molecule has 0 aliphatic rings. The van der Waals surface area contributed by atoms with Crippen molar-refractivity contribution in [3.8, 4) is 17.9 Å². The van der Waals surface area contributed by atoms with Gasteiger partial charge in [0.05, 0.1) is 11.5 Å². The molecule has 0 heterocycles. The average Bonchev–Trinajstić information content (AvgIpc) is 2.37. The lowest BCUT2D eigenvalue weighted by Gasteiger charge is -2.16. The van der Waals surface area contributed by atoms with Crippen LogP contribution in [0.2, 0.25) is 0 Å². The number of hydrogen-bond donors (Lipinski definition) is 1.